The summed E-state index contributed by atoms with van der Waals surface area (Å²) in [6, 6.07) is 5.85. The normalized spacial score (nSPS) is 17.0. The molecule has 0 spiro atoms. The molecule has 0 bridgehead atoms. The first-order chi connectivity index (χ1) is 14.9. The van der Waals surface area contributed by atoms with Gasteiger partial charge in [0, 0.05) is 36.9 Å². The molecule has 0 atom stereocenters. The molecule has 162 valence electrons. The van der Waals surface area contributed by atoms with Gasteiger partial charge in [0.15, 0.2) is 0 Å². The van der Waals surface area contributed by atoms with Crippen molar-refractivity contribution in [2.45, 2.75) is 32.4 Å². The van der Waals surface area contributed by atoms with Gasteiger partial charge in [0.25, 0.3) is 5.91 Å². The minimum absolute atomic E-state index is 0.0454. The lowest BCUT2D eigenvalue weighted by molar-refractivity contribution is 0.0801. The molecule has 1 fully saturated rings. The molecule has 1 saturated heterocycles. The van der Waals surface area contributed by atoms with Crippen molar-refractivity contribution in [2.24, 2.45) is 10.7 Å². The Hall–Kier alpha value is -3.04. The van der Waals surface area contributed by atoms with Crippen LogP contribution in [0.2, 0.25) is 5.02 Å². The first-order valence-electron chi connectivity index (χ1n) is 10.1. The average molecular weight is 442 g/mol. The summed E-state index contributed by atoms with van der Waals surface area (Å²) in [5.74, 6) is 0.685. The summed E-state index contributed by atoms with van der Waals surface area (Å²) in [6.45, 7) is 3.57. The van der Waals surface area contributed by atoms with Crippen LogP contribution in [-0.2, 0) is 11.3 Å². The zero-order valence-corrected chi connectivity index (χ0v) is 17.9. The number of amides is 1. The van der Waals surface area contributed by atoms with Crippen molar-refractivity contribution in [3.8, 4) is 11.3 Å². The third-order valence-electron chi connectivity index (χ3n) is 5.21. The molecule has 2 aliphatic rings. The number of aromatic nitrogens is 2. The Bertz CT molecular complexity index is 1050. The van der Waals surface area contributed by atoms with E-state index in [9.17, 15) is 4.79 Å². The summed E-state index contributed by atoms with van der Waals surface area (Å²) in [4.78, 5) is 27.3. The van der Waals surface area contributed by atoms with Gasteiger partial charge in [-0.3, -0.25) is 10.2 Å². The van der Waals surface area contributed by atoms with Crippen molar-refractivity contribution in [3.05, 3.63) is 40.5 Å². The lowest BCUT2D eigenvalue weighted by Gasteiger charge is -2.23. The molecule has 0 unspecified atom stereocenters. The van der Waals surface area contributed by atoms with Crippen LogP contribution in [0.4, 0.5) is 5.95 Å². The maximum Gasteiger partial charge on any atom is 0.254 e. The van der Waals surface area contributed by atoms with Gasteiger partial charge >= 0.3 is 0 Å². The van der Waals surface area contributed by atoms with Gasteiger partial charge in [0.1, 0.15) is 5.84 Å². The molecule has 4 rings (SSSR count). The van der Waals surface area contributed by atoms with E-state index in [1.165, 1.54) is 0 Å². The summed E-state index contributed by atoms with van der Waals surface area (Å²) in [5, 5.41) is 11.7. The van der Waals surface area contributed by atoms with Gasteiger partial charge in [-0.25, -0.2) is 15.0 Å². The Kier molecular flexibility index (Phi) is 6.15. The minimum Gasteiger partial charge on any atom is -0.387 e. The van der Waals surface area contributed by atoms with Crippen LogP contribution in [0, 0.1) is 5.41 Å². The second kappa shape index (κ2) is 8.99. The molecule has 31 heavy (non-hydrogen) atoms. The van der Waals surface area contributed by atoms with Crippen LogP contribution in [0.1, 0.15) is 35.7 Å². The largest absolute Gasteiger partial charge is 0.387 e. The van der Waals surface area contributed by atoms with E-state index >= 15 is 0 Å². The number of amidine groups is 2. The molecule has 2 aromatic rings. The van der Waals surface area contributed by atoms with Crippen LogP contribution in [0.3, 0.4) is 0 Å². The SMILES string of the molecule is CC(N)=NC(=N)CN1Cc2ccc(-c3nc(NC4CCOCC4)ncc3Cl)cc2C1=O. The topological polar surface area (TPSA) is 130 Å². The highest BCUT2D eigenvalue weighted by Crippen LogP contribution is 2.31. The number of ether oxygens (including phenoxy) is 1. The predicted molar refractivity (Wildman–Crippen MR) is 120 cm³/mol. The van der Waals surface area contributed by atoms with Crippen LogP contribution in [0.15, 0.2) is 29.4 Å². The summed E-state index contributed by atoms with van der Waals surface area (Å²) in [7, 11) is 0. The summed E-state index contributed by atoms with van der Waals surface area (Å²) >= 11 is 6.38. The molecule has 1 aromatic carbocycles. The van der Waals surface area contributed by atoms with Crippen molar-refractivity contribution in [1.82, 2.24) is 14.9 Å². The molecule has 4 N–H and O–H groups in total. The number of rotatable bonds is 5. The van der Waals surface area contributed by atoms with Gasteiger partial charge in [-0.1, -0.05) is 23.7 Å². The van der Waals surface area contributed by atoms with Crippen molar-refractivity contribution in [3.63, 3.8) is 0 Å². The van der Waals surface area contributed by atoms with E-state index in [4.69, 9.17) is 27.5 Å². The van der Waals surface area contributed by atoms with Crippen LogP contribution in [0.5, 0.6) is 0 Å². The minimum atomic E-state index is -0.155. The second-order valence-corrected chi connectivity index (χ2v) is 8.06. The van der Waals surface area contributed by atoms with Gasteiger partial charge in [0.2, 0.25) is 5.95 Å². The van der Waals surface area contributed by atoms with Gasteiger partial charge in [-0.2, -0.15) is 0 Å². The van der Waals surface area contributed by atoms with E-state index < -0.39 is 0 Å². The Morgan fingerprint density at radius 1 is 1.42 bits per heavy atom. The molecule has 9 nitrogen and oxygen atoms in total. The Morgan fingerprint density at radius 3 is 2.94 bits per heavy atom. The van der Waals surface area contributed by atoms with E-state index in [1.807, 2.05) is 12.1 Å². The number of halogens is 1. The molecular formula is C21H24ClN7O2. The number of hydrogen-bond acceptors (Lipinski definition) is 6. The molecule has 1 aromatic heterocycles. The fraction of sp³-hybridized carbons (Fsp3) is 0.381. The fourth-order valence-electron chi connectivity index (χ4n) is 3.73. The standard InChI is InChI=1S/C21H24ClN7O2/c1-12(23)26-18(24)11-29-10-14-3-2-13(8-16(14)20(29)30)19-17(22)9-25-21(28-19)27-15-4-6-31-7-5-15/h2-3,8-9,15H,4-7,10-11H2,1H3,(H3,23,24,26)(H,25,27,28). The highest BCUT2D eigenvalue weighted by molar-refractivity contribution is 6.33. The monoisotopic (exact) mass is 441 g/mol. The number of carbonyl (C=O) groups excluding carboxylic acids is 1. The van der Waals surface area contributed by atoms with Gasteiger partial charge < -0.3 is 20.7 Å². The first-order valence-corrected chi connectivity index (χ1v) is 10.5. The van der Waals surface area contributed by atoms with Crippen LogP contribution in [-0.4, -0.2) is 58.2 Å². The Balaban J connectivity index is 1.55. The zero-order valence-electron chi connectivity index (χ0n) is 17.2. The highest BCUT2D eigenvalue weighted by Gasteiger charge is 2.28. The molecule has 0 aliphatic carbocycles. The highest BCUT2D eigenvalue weighted by atomic mass is 35.5. The van der Waals surface area contributed by atoms with Crippen LogP contribution in [0.25, 0.3) is 11.3 Å². The number of aliphatic imine (C=N–C) groups is 1. The summed E-state index contributed by atoms with van der Waals surface area (Å²) < 4.78 is 5.39. The number of nitrogens with one attached hydrogen (secondary N) is 2. The second-order valence-electron chi connectivity index (χ2n) is 7.65. The number of carbonyl (C=O) groups is 1. The molecule has 3 heterocycles. The molecule has 0 radical (unpaired) electrons. The predicted octanol–water partition coefficient (Wildman–Crippen LogP) is 2.70. The lowest BCUT2D eigenvalue weighted by atomic mass is 10.0. The third kappa shape index (κ3) is 4.83. The fourth-order valence-corrected chi connectivity index (χ4v) is 3.93. The lowest BCUT2D eigenvalue weighted by Crippen LogP contribution is -2.29. The van der Waals surface area contributed by atoms with Crippen molar-refractivity contribution in [1.29, 1.82) is 5.41 Å². The number of hydrogen-bond donors (Lipinski definition) is 3. The number of nitrogens with two attached hydrogens (primary N) is 1. The number of benzene rings is 1. The molecule has 1 amide bonds. The average Bonchev–Trinajstić information content (AvgIpc) is 3.04. The summed E-state index contributed by atoms with van der Waals surface area (Å²) in [5.41, 5.74) is 8.30. The van der Waals surface area contributed by atoms with E-state index in [0.717, 1.165) is 37.2 Å². The van der Waals surface area contributed by atoms with E-state index in [1.54, 1.807) is 24.1 Å². The van der Waals surface area contributed by atoms with Gasteiger partial charge in [-0.05, 0) is 31.4 Å². The van der Waals surface area contributed by atoms with Gasteiger partial charge in [-0.15, -0.1) is 0 Å². The third-order valence-corrected chi connectivity index (χ3v) is 5.49. The number of nitrogens with zero attached hydrogens (tertiary/aromatic N) is 4. The zero-order chi connectivity index (χ0) is 22.0. The molecule has 2 aliphatic heterocycles. The molecule has 10 heteroatoms. The number of anilines is 1. The summed E-state index contributed by atoms with van der Waals surface area (Å²) in [6.07, 6.45) is 3.36. The maximum absolute atomic E-state index is 12.9. The maximum atomic E-state index is 12.9. The van der Waals surface area contributed by atoms with E-state index in [0.29, 0.717) is 34.6 Å². The smallest absolute Gasteiger partial charge is 0.254 e. The Morgan fingerprint density at radius 2 is 2.19 bits per heavy atom. The van der Waals surface area contributed by atoms with Crippen molar-refractivity contribution < 1.29 is 9.53 Å². The number of fused-ring (bicyclic) bond motifs is 1. The molecular weight excluding hydrogens is 418 g/mol. The van der Waals surface area contributed by atoms with E-state index in [-0.39, 0.29) is 24.3 Å². The van der Waals surface area contributed by atoms with Crippen LogP contribution >= 0.6 is 11.6 Å². The Labute approximate surface area is 185 Å². The van der Waals surface area contributed by atoms with Gasteiger partial charge in [0.05, 0.1) is 29.3 Å². The molecule has 0 saturated carbocycles. The van der Waals surface area contributed by atoms with Crippen LogP contribution < -0.4 is 11.1 Å². The first kappa shape index (κ1) is 21.2. The van der Waals surface area contributed by atoms with E-state index in [2.05, 4.69) is 20.3 Å². The quantitative estimate of drug-likeness (QED) is 0.483. The van der Waals surface area contributed by atoms with Crippen molar-refractivity contribution in [2.75, 3.05) is 25.1 Å². The van der Waals surface area contributed by atoms with Crippen molar-refractivity contribution >= 4 is 35.1 Å².